The van der Waals surface area contributed by atoms with Crippen LogP contribution in [0.1, 0.15) is 26.7 Å². The highest BCUT2D eigenvalue weighted by Gasteiger charge is 2.37. The van der Waals surface area contributed by atoms with Gasteiger partial charge >= 0.3 is 0 Å². The number of sulfonamides is 1. The molecule has 23 heavy (non-hydrogen) atoms. The molecule has 2 aliphatic heterocycles. The molecule has 2 fully saturated rings. The van der Waals surface area contributed by atoms with Crippen LogP contribution in [0.3, 0.4) is 0 Å². The van der Waals surface area contributed by atoms with Crippen LogP contribution in [-0.4, -0.2) is 45.0 Å². The van der Waals surface area contributed by atoms with Gasteiger partial charge in [-0.05, 0) is 55.5 Å². The Kier molecular flexibility index (Phi) is 4.94. The molecule has 2 saturated heterocycles. The molecule has 0 saturated carbocycles. The van der Waals surface area contributed by atoms with Crippen molar-refractivity contribution in [1.29, 1.82) is 0 Å². The first-order valence-corrected chi connectivity index (χ1v) is 9.87. The summed E-state index contributed by atoms with van der Waals surface area (Å²) in [5.74, 6) is 1.61. The molecule has 0 amide bonds. The number of nitrogens with zero attached hydrogens (tertiary/aromatic N) is 1. The van der Waals surface area contributed by atoms with E-state index >= 15 is 0 Å². The zero-order valence-electron chi connectivity index (χ0n) is 13.9. The van der Waals surface area contributed by atoms with E-state index in [2.05, 4.69) is 19.2 Å². The molecule has 0 spiro atoms. The number of nitrogens with one attached hydrogen (secondary N) is 1. The Morgan fingerprint density at radius 2 is 2.00 bits per heavy atom. The van der Waals surface area contributed by atoms with Crippen LogP contribution in [0, 0.1) is 11.8 Å². The Morgan fingerprint density at radius 1 is 1.26 bits per heavy atom. The van der Waals surface area contributed by atoms with E-state index < -0.39 is 10.0 Å². The van der Waals surface area contributed by atoms with Crippen LogP contribution >= 0.6 is 0 Å². The molecule has 2 atom stereocenters. The van der Waals surface area contributed by atoms with Crippen LogP contribution in [0.25, 0.3) is 0 Å². The Morgan fingerprint density at radius 3 is 2.70 bits per heavy atom. The molecule has 0 aliphatic carbocycles. The van der Waals surface area contributed by atoms with E-state index in [0.29, 0.717) is 42.5 Å². The second kappa shape index (κ2) is 6.79. The van der Waals surface area contributed by atoms with Gasteiger partial charge in [-0.25, -0.2) is 8.42 Å². The number of fused-ring (bicyclic) bond motifs is 1. The maximum absolute atomic E-state index is 12.8. The molecule has 2 aliphatic rings. The second-order valence-corrected chi connectivity index (χ2v) is 8.88. The Bertz CT molecular complexity index is 628. The lowest BCUT2D eigenvalue weighted by Gasteiger charge is -2.34. The highest BCUT2D eigenvalue weighted by Crippen LogP contribution is 2.29. The summed E-state index contributed by atoms with van der Waals surface area (Å²) < 4.78 is 32.9. The highest BCUT2D eigenvalue weighted by atomic mass is 32.2. The fraction of sp³-hybridized carbons (Fsp3) is 0.647. The van der Waals surface area contributed by atoms with Crippen LogP contribution in [0.5, 0.6) is 5.75 Å². The zero-order chi connectivity index (χ0) is 16.4. The first-order chi connectivity index (χ1) is 11.0. The Balaban J connectivity index is 1.69. The van der Waals surface area contributed by atoms with E-state index in [4.69, 9.17) is 4.74 Å². The number of rotatable bonds is 5. The minimum atomic E-state index is -3.40. The van der Waals surface area contributed by atoms with Crippen molar-refractivity contribution in [1.82, 2.24) is 9.62 Å². The third-order valence-corrected chi connectivity index (χ3v) is 6.54. The molecule has 0 aromatic heterocycles. The number of hydrogen-bond acceptors (Lipinski definition) is 4. The molecule has 0 radical (unpaired) electrons. The van der Waals surface area contributed by atoms with Crippen LogP contribution < -0.4 is 10.1 Å². The van der Waals surface area contributed by atoms with Crippen LogP contribution in [0.15, 0.2) is 29.2 Å². The van der Waals surface area contributed by atoms with Gasteiger partial charge < -0.3 is 10.1 Å². The van der Waals surface area contributed by atoms with E-state index in [1.165, 1.54) is 0 Å². The van der Waals surface area contributed by atoms with Crippen molar-refractivity contribution in [2.75, 3.05) is 26.2 Å². The average Bonchev–Trinajstić information content (AvgIpc) is 3.01. The summed E-state index contributed by atoms with van der Waals surface area (Å²) >= 11 is 0. The average molecular weight is 338 g/mol. The smallest absolute Gasteiger partial charge is 0.243 e. The van der Waals surface area contributed by atoms with Gasteiger partial charge in [-0.3, -0.25) is 0 Å². The van der Waals surface area contributed by atoms with Gasteiger partial charge in [0.2, 0.25) is 10.0 Å². The van der Waals surface area contributed by atoms with Gasteiger partial charge in [0.25, 0.3) is 0 Å². The molecule has 5 nitrogen and oxygen atoms in total. The van der Waals surface area contributed by atoms with E-state index in [0.717, 1.165) is 25.1 Å². The molecule has 2 unspecified atom stereocenters. The molecular formula is C17H26N2O3S. The first kappa shape index (κ1) is 16.7. The summed E-state index contributed by atoms with van der Waals surface area (Å²) in [4.78, 5) is 0.360. The molecular weight excluding hydrogens is 312 g/mol. The van der Waals surface area contributed by atoms with Crippen LogP contribution in [0.4, 0.5) is 0 Å². The standard InChI is InChI=1S/C17H26N2O3S/c1-13(2)12-22-15-3-5-16(6-4-15)23(20,21)19-10-8-17-14(11-19)7-9-18-17/h3-6,13-14,17-18H,7-12H2,1-2H3. The first-order valence-electron chi connectivity index (χ1n) is 8.43. The third kappa shape index (κ3) is 3.70. The van der Waals surface area contributed by atoms with Crippen molar-refractivity contribution in [3.05, 3.63) is 24.3 Å². The monoisotopic (exact) mass is 338 g/mol. The van der Waals surface area contributed by atoms with Crippen molar-refractivity contribution in [3.8, 4) is 5.75 Å². The summed E-state index contributed by atoms with van der Waals surface area (Å²) in [6.45, 7) is 7.04. The van der Waals surface area contributed by atoms with E-state index in [1.807, 2.05) is 0 Å². The maximum Gasteiger partial charge on any atom is 0.243 e. The number of ether oxygens (including phenoxy) is 1. The quantitative estimate of drug-likeness (QED) is 0.893. The van der Waals surface area contributed by atoms with E-state index in [-0.39, 0.29) is 0 Å². The van der Waals surface area contributed by atoms with Gasteiger partial charge in [0, 0.05) is 19.1 Å². The SMILES string of the molecule is CC(C)COc1ccc(S(=O)(=O)N2CCC3NCCC3C2)cc1. The van der Waals surface area contributed by atoms with Gasteiger partial charge in [0.15, 0.2) is 0 Å². The van der Waals surface area contributed by atoms with Crippen LogP contribution in [0.2, 0.25) is 0 Å². The molecule has 3 rings (SSSR count). The van der Waals surface area contributed by atoms with Crippen LogP contribution in [-0.2, 0) is 10.0 Å². The molecule has 0 bridgehead atoms. The highest BCUT2D eigenvalue weighted by molar-refractivity contribution is 7.89. The number of benzene rings is 1. The summed E-state index contributed by atoms with van der Waals surface area (Å²) in [7, 11) is -3.40. The summed E-state index contributed by atoms with van der Waals surface area (Å²) in [6, 6.07) is 7.31. The third-order valence-electron chi connectivity index (χ3n) is 4.66. The normalized spacial score (nSPS) is 25.5. The van der Waals surface area contributed by atoms with Gasteiger partial charge in [0.05, 0.1) is 11.5 Å². The van der Waals surface area contributed by atoms with Crippen molar-refractivity contribution in [3.63, 3.8) is 0 Å². The number of piperidine rings is 1. The lowest BCUT2D eigenvalue weighted by atomic mass is 9.95. The Labute approximate surface area is 139 Å². The van der Waals surface area contributed by atoms with Gasteiger partial charge in [-0.15, -0.1) is 0 Å². The maximum atomic E-state index is 12.8. The summed E-state index contributed by atoms with van der Waals surface area (Å²) in [5.41, 5.74) is 0. The summed E-state index contributed by atoms with van der Waals surface area (Å²) in [5, 5.41) is 3.46. The topological polar surface area (TPSA) is 58.6 Å². The Hall–Kier alpha value is -1.11. The fourth-order valence-corrected chi connectivity index (χ4v) is 4.86. The number of hydrogen-bond donors (Lipinski definition) is 1. The molecule has 2 heterocycles. The molecule has 128 valence electrons. The predicted molar refractivity (Wildman–Crippen MR) is 90.0 cm³/mol. The van der Waals surface area contributed by atoms with Crippen molar-refractivity contribution < 1.29 is 13.2 Å². The van der Waals surface area contributed by atoms with Crippen molar-refractivity contribution in [2.45, 2.75) is 37.6 Å². The van der Waals surface area contributed by atoms with Gasteiger partial charge in [0.1, 0.15) is 5.75 Å². The lowest BCUT2D eigenvalue weighted by molar-refractivity contribution is 0.247. The van der Waals surface area contributed by atoms with E-state index in [1.54, 1.807) is 28.6 Å². The minimum Gasteiger partial charge on any atom is -0.493 e. The van der Waals surface area contributed by atoms with E-state index in [9.17, 15) is 8.42 Å². The zero-order valence-corrected chi connectivity index (χ0v) is 14.7. The fourth-order valence-electron chi connectivity index (χ4n) is 3.35. The molecule has 1 N–H and O–H groups in total. The minimum absolute atomic E-state index is 0.360. The largest absolute Gasteiger partial charge is 0.493 e. The van der Waals surface area contributed by atoms with Gasteiger partial charge in [-0.2, -0.15) is 4.31 Å². The molecule has 1 aromatic carbocycles. The molecule has 6 heteroatoms. The van der Waals surface area contributed by atoms with Crippen molar-refractivity contribution in [2.24, 2.45) is 11.8 Å². The second-order valence-electron chi connectivity index (χ2n) is 6.94. The molecule has 1 aromatic rings. The van der Waals surface area contributed by atoms with Crippen molar-refractivity contribution >= 4 is 10.0 Å². The van der Waals surface area contributed by atoms with Gasteiger partial charge in [-0.1, -0.05) is 13.8 Å². The predicted octanol–water partition coefficient (Wildman–Crippen LogP) is 2.09. The lowest BCUT2D eigenvalue weighted by Crippen LogP contribution is -2.46. The summed E-state index contributed by atoms with van der Waals surface area (Å²) in [6.07, 6.45) is 1.97.